The molecule has 35 heavy (non-hydrogen) atoms. The average Bonchev–Trinajstić information content (AvgIpc) is 2.84. The highest BCUT2D eigenvalue weighted by Crippen LogP contribution is 2.39. The van der Waals surface area contributed by atoms with Crippen LogP contribution in [0.15, 0.2) is 42.5 Å². The summed E-state index contributed by atoms with van der Waals surface area (Å²) >= 11 is 0. The zero-order valence-corrected chi connectivity index (χ0v) is 19.6. The molecule has 1 heterocycles. The van der Waals surface area contributed by atoms with Gasteiger partial charge in [0.05, 0.1) is 14.2 Å². The molecule has 2 aromatic carbocycles. The summed E-state index contributed by atoms with van der Waals surface area (Å²) in [5.74, 6) is -3.26. The van der Waals surface area contributed by atoms with Crippen molar-refractivity contribution in [2.24, 2.45) is 0 Å². The molecule has 3 N–H and O–H groups in total. The number of piperidine rings is 1. The number of ether oxygens (including phenoxy) is 3. The van der Waals surface area contributed by atoms with E-state index in [0.717, 1.165) is 38.0 Å². The normalized spacial score (nSPS) is 14.1. The predicted molar refractivity (Wildman–Crippen MR) is 123 cm³/mol. The smallest absolute Gasteiger partial charge is 0.414 e. The lowest BCUT2D eigenvalue weighted by Crippen LogP contribution is -2.41. The second kappa shape index (κ2) is 14.1. The highest BCUT2D eigenvalue weighted by atomic mass is 19.3. The lowest BCUT2D eigenvalue weighted by atomic mass is 10.0. The fraction of sp³-hybridized carbons (Fsp3) is 0.417. The highest BCUT2D eigenvalue weighted by Gasteiger charge is 2.21. The zero-order chi connectivity index (χ0) is 25.8. The first-order valence-corrected chi connectivity index (χ1v) is 10.9. The number of rotatable bonds is 9. The molecule has 0 spiro atoms. The zero-order valence-electron chi connectivity index (χ0n) is 19.6. The van der Waals surface area contributed by atoms with Crippen molar-refractivity contribution in [2.45, 2.75) is 38.6 Å². The van der Waals surface area contributed by atoms with E-state index in [1.54, 1.807) is 12.1 Å². The van der Waals surface area contributed by atoms with Crippen molar-refractivity contribution in [3.05, 3.63) is 53.6 Å². The van der Waals surface area contributed by atoms with Crippen molar-refractivity contribution in [3.8, 4) is 17.2 Å². The van der Waals surface area contributed by atoms with Gasteiger partial charge in [0.1, 0.15) is 0 Å². The Kier molecular flexibility index (Phi) is 11.2. The number of carboxylic acid groups (broad SMARTS) is 2. The van der Waals surface area contributed by atoms with Gasteiger partial charge >= 0.3 is 18.6 Å². The van der Waals surface area contributed by atoms with E-state index in [1.807, 2.05) is 6.07 Å². The number of likely N-dealkylation sites (tertiary alicyclic amines) is 1. The van der Waals surface area contributed by atoms with Gasteiger partial charge in [0.25, 0.3) is 0 Å². The van der Waals surface area contributed by atoms with Gasteiger partial charge in [-0.25, -0.2) is 9.59 Å². The first-order chi connectivity index (χ1) is 16.7. The van der Waals surface area contributed by atoms with Crippen molar-refractivity contribution in [3.63, 3.8) is 0 Å². The molecule has 1 aliphatic rings. The molecule has 9 nitrogen and oxygen atoms in total. The van der Waals surface area contributed by atoms with E-state index in [-0.39, 0.29) is 17.2 Å². The van der Waals surface area contributed by atoms with Gasteiger partial charge in [-0.15, -0.1) is 0 Å². The van der Waals surface area contributed by atoms with Gasteiger partial charge in [0.15, 0.2) is 11.5 Å². The molecule has 0 bridgehead atoms. The third-order valence-corrected chi connectivity index (χ3v) is 5.34. The monoisotopic (exact) mass is 496 g/mol. The maximum Gasteiger partial charge on any atom is 0.414 e. The SMILES string of the molecule is COc1cc(CNC2CCN(Cc3ccccc3)CC2)cc(OC)c1OC(F)F.O=C(O)C(=O)O. The summed E-state index contributed by atoms with van der Waals surface area (Å²) in [5, 5.41) is 18.3. The van der Waals surface area contributed by atoms with Gasteiger partial charge < -0.3 is 29.7 Å². The van der Waals surface area contributed by atoms with E-state index in [1.165, 1.54) is 19.8 Å². The predicted octanol–water partition coefficient (Wildman–Crippen LogP) is 3.22. The molecule has 0 radical (unpaired) electrons. The fourth-order valence-electron chi connectivity index (χ4n) is 3.64. The van der Waals surface area contributed by atoms with Crippen molar-refractivity contribution >= 4 is 11.9 Å². The van der Waals surface area contributed by atoms with Crippen LogP contribution in [0.4, 0.5) is 8.78 Å². The highest BCUT2D eigenvalue weighted by molar-refractivity contribution is 6.27. The van der Waals surface area contributed by atoms with E-state index in [2.05, 4.69) is 39.2 Å². The lowest BCUT2D eigenvalue weighted by molar-refractivity contribution is -0.159. The van der Waals surface area contributed by atoms with Crippen LogP contribution in [0.1, 0.15) is 24.0 Å². The summed E-state index contributed by atoms with van der Waals surface area (Å²) in [6.07, 6.45) is 2.13. The molecule has 0 atom stereocenters. The van der Waals surface area contributed by atoms with Gasteiger partial charge in [-0.05, 0) is 49.2 Å². The molecule has 0 aliphatic carbocycles. The van der Waals surface area contributed by atoms with Gasteiger partial charge in [-0.3, -0.25) is 4.90 Å². The molecule has 3 rings (SSSR count). The van der Waals surface area contributed by atoms with E-state index in [4.69, 9.17) is 29.3 Å². The number of halogens is 2. The Morgan fingerprint density at radius 3 is 2.00 bits per heavy atom. The maximum atomic E-state index is 12.7. The summed E-state index contributed by atoms with van der Waals surface area (Å²) in [7, 11) is 2.85. The van der Waals surface area contributed by atoms with Crippen molar-refractivity contribution < 1.29 is 42.8 Å². The van der Waals surface area contributed by atoms with E-state index in [9.17, 15) is 8.78 Å². The molecule has 0 saturated carbocycles. The summed E-state index contributed by atoms with van der Waals surface area (Å²) in [5.41, 5.74) is 2.23. The van der Waals surface area contributed by atoms with Gasteiger partial charge in [0, 0.05) is 19.1 Å². The van der Waals surface area contributed by atoms with Crippen LogP contribution >= 0.6 is 0 Å². The van der Waals surface area contributed by atoms with Crippen LogP contribution in [0.5, 0.6) is 17.2 Å². The average molecular weight is 497 g/mol. The standard InChI is InChI=1S/C22H28F2N2O3.C2H2O4/c1-27-19-12-17(13-20(28-2)21(19)29-22(23)24)14-25-18-8-10-26(11-9-18)15-16-6-4-3-5-7-16;3-1(4)2(5)6/h3-7,12-13,18,22,25H,8-11,14-15H2,1-2H3;(H,3,4)(H,5,6). The third kappa shape index (κ3) is 9.38. The number of hydrogen-bond acceptors (Lipinski definition) is 7. The Balaban J connectivity index is 0.000000641. The number of carbonyl (C=O) groups is 2. The second-order valence-corrected chi connectivity index (χ2v) is 7.74. The molecule has 0 amide bonds. The molecule has 0 aromatic heterocycles. The molecule has 192 valence electrons. The summed E-state index contributed by atoms with van der Waals surface area (Å²) < 4.78 is 40.3. The first-order valence-electron chi connectivity index (χ1n) is 10.9. The molecular formula is C24H30F2N2O7. The lowest BCUT2D eigenvalue weighted by Gasteiger charge is -2.32. The van der Waals surface area contributed by atoms with Crippen LogP contribution in [-0.4, -0.2) is 67.0 Å². The van der Waals surface area contributed by atoms with Crippen LogP contribution in [-0.2, 0) is 22.7 Å². The largest absolute Gasteiger partial charge is 0.493 e. The summed E-state index contributed by atoms with van der Waals surface area (Å²) in [6.45, 7) is 0.724. The number of alkyl halides is 2. The summed E-state index contributed by atoms with van der Waals surface area (Å²) in [4.78, 5) is 20.7. The maximum absolute atomic E-state index is 12.7. The van der Waals surface area contributed by atoms with Gasteiger partial charge in [-0.2, -0.15) is 8.78 Å². The molecule has 1 saturated heterocycles. The molecule has 1 fully saturated rings. The van der Waals surface area contributed by atoms with Crippen molar-refractivity contribution in [1.29, 1.82) is 0 Å². The first kappa shape index (κ1) is 27.8. The number of nitrogens with zero attached hydrogens (tertiary/aromatic N) is 1. The van der Waals surface area contributed by atoms with E-state index >= 15 is 0 Å². The van der Waals surface area contributed by atoms with Crippen molar-refractivity contribution in [2.75, 3.05) is 27.3 Å². The van der Waals surface area contributed by atoms with Crippen LogP contribution in [0.25, 0.3) is 0 Å². The van der Waals surface area contributed by atoms with Gasteiger partial charge in [0.2, 0.25) is 5.75 Å². The van der Waals surface area contributed by atoms with Crippen LogP contribution in [0.3, 0.4) is 0 Å². The Hall–Kier alpha value is -3.44. The molecule has 1 aliphatic heterocycles. The number of benzene rings is 2. The van der Waals surface area contributed by atoms with Crippen LogP contribution < -0.4 is 19.5 Å². The summed E-state index contributed by atoms with van der Waals surface area (Å²) in [6, 6.07) is 14.3. The number of methoxy groups -OCH3 is 2. The molecule has 2 aromatic rings. The number of carboxylic acids is 2. The molecule has 0 unspecified atom stereocenters. The number of aliphatic carboxylic acids is 2. The molecule has 11 heteroatoms. The minimum Gasteiger partial charge on any atom is -0.493 e. The number of hydrogen-bond donors (Lipinski definition) is 3. The van der Waals surface area contributed by atoms with E-state index < -0.39 is 18.6 Å². The Morgan fingerprint density at radius 2 is 1.54 bits per heavy atom. The van der Waals surface area contributed by atoms with Crippen LogP contribution in [0.2, 0.25) is 0 Å². The topological polar surface area (TPSA) is 118 Å². The number of nitrogens with one attached hydrogen (secondary N) is 1. The minimum atomic E-state index is -2.94. The third-order valence-electron chi connectivity index (χ3n) is 5.34. The van der Waals surface area contributed by atoms with Gasteiger partial charge in [-0.1, -0.05) is 30.3 Å². The van der Waals surface area contributed by atoms with Crippen molar-refractivity contribution in [1.82, 2.24) is 10.2 Å². The fourth-order valence-corrected chi connectivity index (χ4v) is 3.64. The Bertz CT molecular complexity index is 915. The van der Waals surface area contributed by atoms with Crippen LogP contribution in [0, 0.1) is 0 Å². The quantitative estimate of drug-likeness (QED) is 0.450. The Labute approximate surface area is 202 Å². The second-order valence-electron chi connectivity index (χ2n) is 7.74. The van der Waals surface area contributed by atoms with E-state index in [0.29, 0.717) is 12.6 Å². The molecular weight excluding hydrogens is 466 g/mol. The Morgan fingerprint density at radius 1 is 1.00 bits per heavy atom. The minimum absolute atomic E-state index is 0.0806.